The molecule has 17 heavy (non-hydrogen) atoms. The van der Waals surface area contributed by atoms with E-state index < -0.39 is 0 Å². The number of oxazole rings is 1. The Morgan fingerprint density at radius 1 is 1.35 bits per heavy atom. The predicted molar refractivity (Wildman–Crippen MR) is 65.0 cm³/mol. The molecule has 0 unspecified atom stereocenters. The van der Waals surface area contributed by atoms with Gasteiger partial charge in [-0.05, 0) is 24.1 Å². The minimum atomic E-state index is -0.283. The van der Waals surface area contributed by atoms with Gasteiger partial charge < -0.3 is 9.73 Å². The van der Waals surface area contributed by atoms with Crippen LogP contribution in [0.15, 0.2) is 34.9 Å². The Kier molecular flexibility index (Phi) is 3.23. The molecule has 0 atom stereocenters. The monoisotopic (exact) mass is 230 g/mol. The number of carbonyl (C=O) groups excluding carboxylic acids is 1. The van der Waals surface area contributed by atoms with E-state index in [0.717, 1.165) is 12.1 Å². The number of rotatable bonds is 3. The number of nitrogens with one attached hydrogen (secondary N) is 1. The molecule has 0 fully saturated rings. The zero-order valence-electron chi connectivity index (χ0n) is 9.86. The van der Waals surface area contributed by atoms with E-state index in [2.05, 4.69) is 17.2 Å². The summed E-state index contributed by atoms with van der Waals surface area (Å²) >= 11 is 0. The summed E-state index contributed by atoms with van der Waals surface area (Å²) in [6.07, 6.45) is 2.40. The van der Waals surface area contributed by atoms with Crippen molar-refractivity contribution in [2.75, 3.05) is 5.32 Å². The normalized spacial score (nSPS) is 10.2. The maximum atomic E-state index is 11.7. The lowest BCUT2D eigenvalue weighted by Gasteiger charge is -2.03. The van der Waals surface area contributed by atoms with Crippen molar-refractivity contribution in [1.82, 2.24) is 4.98 Å². The zero-order chi connectivity index (χ0) is 12.3. The summed E-state index contributed by atoms with van der Waals surface area (Å²) in [4.78, 5) is 15.6. The molecule has 1 heterocycles. The van der Waals surface area contributed by atoms with Crippen molar-refractivity contribution in [3.63, 3.8) is 0 Å². The summed E-state index contributed by atoms with van der Waals surface area (Å²) in [5, 5.41) is 2.75. The molecule has 1 aromatic heterocycles. The maximum Gasteiger partial charge on any atom is 0.293 e. The minimum Gasteiger partial charge on any atom is -0.436 e. The fourth-order valence-electron chi connectivity index (χ4n) is 1.48. The van der Waals surface area contributed by atoms with Gasteiger partial charge in [-0.1, -0.05) is 19.1 Å². The van der Waals surface area contributed by atoms with Crippen LogP contribution in [0.5, 0.6) is 0 Å². The van der Waals surface area contributed by atoms with Gasteiger partial charge in [0.1, 0.15) is 0 Å². The number of hydrogen-bond donors (Lipinski definition) is 1. The second-order valence-electron chi connectivity index (χ2n) is 3.75. The first-order valence-corrected chi connectivity index (χ1v) is 5.51. The second-order valence-corrected chi connectivity index (χ2v) is 3.75. The first-order valence-electron chi connectivity index (χ1n) is 5.51. The van der Waals surface area contributed by atoms with Gasteiger partial charge >= 0.3 is 0 Å². The van der Waals surface area contributed by atoms with Gasteiger partial charge in [0.2, 0.25) is 5.76 Å². The van der Waals surface area contributed by atoms with Gasteiger partial charge in [0.05, 0.1) is 6.20 Å². The van der Waals surface area contributed by atoms with Crippen LogP contribution in [0.1, 0.15) is 28.9 Å². The van der Waals surface area contributed by atoms with Crippen LogP contribution in [-0.2, 0) is 6.42 Å². The molecule has 0 radical (unpaired) electrons. The van der Waals surface area contributed by atoms with Crippen LogP contribution in [0.25, 0.3) is 0 Å². The first-order chi connectivity index (χ1) is 8.19. The SMILES string of the molecule is CCc1ccc(NC(=O)c2cnc(C)o2)cc1. The smallest absolute Gasteiger partial charge is 0.293 e. The Balaban J connectivity index is 2.07. The van der Waals surface area contributed by atoms with Crippen molar-refractivity contribution in [2.45, 2.75) is 20.3 Å². The van der Waals surface area contributed by atoms with Gasteiger partial charge in [0.15, 0.2) is 5.89 Å². The molecule has 2 aromatic rings. The molecule has 4 heteroatoms. The Morgan fingerprint density at radius 2 is 2.06 bits per heavy atom. The van der Waals surface area contributed by atoms with E-state index in [4.69, 9.17) is 4.42 Å². The lowest BCUT2D eigenvalue weighted by atomic mass is 10.1. The number of hydrogen-bond acceptors (Lipinski definition) is 3. The average Bonchev–Trinajstić information content (AvgIpc) is 2.77. The first kappa shape index (κ1) is 11.4. The molecule has 1 aromatic carbocycles. The fourth-order valence-corrected chi connectivity index (χ4v) is 1.48. The van der Waals surface area contributed by atoms with E-state index in [1.54, 1.807) is 6.92 Å². The van der Waals surface area contributed by atoms with Crippen molar-refractivity contribution in [3.8, 4) is 0 Å². The van der Waals surface area contributed by atoms with Gasteiger partial charge in [0, 0.05) is 12.6 Å². The highest BCUT2D eigenvalue weighted by atomic mass is 16.4. The van der Waals surface area contributed by atoms with E-state index in [-0.39, 0.29) is 11.7 Å². The summed E-state index contributed by atoms with van der Waals surface area (Å²) < 4.78 is 5.14. The highest BCUT2D eigenvalue weighted by Gasteiger charge is 2.10. The molecule has 88 valence electrons. The highest BCUT2D eigenvalue weighted by molar-refractivity contribution is 6.02. The molecular formula is C13H14N2O2. The fraction of sp³-hybridized carbons (Fsp3) is 0.231. The molecule has 0 bridgehead atoms. The molecule has 2 rings (SSSR count). The Hall–Kier alpha value is -2.10. The lowest BCUT2D eigenvalue weighted by Crippen LogP contribution is -2.10. The lowest BCUT2D eigenvalue weighted by molar-refractivity contribution is 0.0995. The number of carbonyl (C=O) groups is 1. The van der Waals surface area contributed by atoms with Crippen LogP contribution < -0.4 is 5.32 Å². The third-order valence-corrected chi connectivity index (χ3v) is 2.47. The van der Waals surface area contributed by atoms with Gasteiger partial charge in [0.25, 0.3) is 5.91 Å². The molecule has 1 N–H and O–H groups in total. The van der Waals surface area contributed by atoms with Crippen LogP contribution in [0.3, 0.4) is 0 Å². The summed E-state index contributed by atoms with van der Waals surface area (Å²) in [6, 6.07) is 7.72. The average molecular weight is 230 g/mol. The van der Waals surface area contributed by atoms with Crippen molar-refractivity contribution in [2.24, 2.45) is 0 Å². The van der Waals surface area contributed by atoms with E-state index >= 15 is 0 Å². The third kappa shape index (κ3) is 2.72. The topological polar surface area (TPSA) is 55.1 Å². The van der Waals surface area contributed by atoms with E-state index in [9.17, 15) is 4.79 Å². The van der Waals surface area contributed by atoms with Gasteiger partial charge in [-0.25, -0.2) is 4.98 Å². The van der Waals surface area contributed by atoms with Crippen LogP contribution in [0.2, 0.25) is 0 Å². The Morgan fingerprint density at radius 3 is 2.59 bits per heavy atom. The van der Waals surface area contributed by atoms with E-state index in [0.29, 0.717) is 5.89 Å². The second kappa shape index (κ2) is 4.82. The van der Waals surface area contributed by atoms with Crippen molar-refractivity contribution < 1.29 is 9.21 Å². The van der Waals surface area contributed by atoms with Crippen LogP contribution in [-0.4, -0.2) is 10.9 Å². The third-order valence-electron chi connectivity index (χ3n) is 2.47. The zero-order valence-corrected chi connectivity index (χ0v) is 9.86. The Labute approximate surface area is 99.7 Å². The maximum absolute atomic E-state index is 11.7. The predicted octanol–water partition coefficient (Wildman–Crippen LogP) is 2.80. The highest BCUT2D eigenvalue weighted by Crippen LogP contribution is 2.12. The summed E-state index contributed by atoms with van der Waals surface area (Å²) in [7, 11) is 0. The van der Waals surface area contributed by atoms with Crippen LogP contribution in [0, 0.1) is 6.92 Å². The van der Waals surface area contributed by atoms with Crippen molar-refractivity contribution in [3.05, 3.63) is 47.7 Å². The van der Waals surface area contributed by atoms with Gasteiger partial charge in [-0.3, -0.25) is 4.79 Å². The molecule has 0 aliphatic heterocycles. The number of amides is 1. The molecule has 0 spiro atoms. The van der Waals surface area contributed by atoms with Crippen molar-refractivity contribution >= 4 is 11.6 Å². The summed E-state index contributed by atoms with van der Waals surface area (Å²) in [6.45, 7) is 3.79. The summed E-state index contributed by atoms with van der Waals surface area (Å²) in [5.74, 6) is 0.424. The molecule has 4 nitrogen and oxygen atoms in total. The molecule has 0 saturated heterocycles. The Bertz CT molecular complexity index is 514. The number of anilines is 1. The van der Waals surface area contributed by atoms with Gasteiger partial charge in [-0.2, -0.15) is 0 Å². The number of aryl methyl sites for hydroxylation is 2. The standard InChI is InChI=1S/C13H14N2O2/c1-3-10-4-6-11(7-5-10)15-13(16)12-8-14-9(2)17-12/h4-8H,3H2,1-2H3,(H,15,16). The summed E-state index contributed by atoms with van der Waals surface area (Å²) in [5.41, 5.74) is 1.99. The molecular weight excluding hydrogens is 216 g/mol. The van der Waals surface area contributed by atoms with Gasteiger partial charge in [-0.15, -0.1) is 0 Å². The molecule has 0 aliphatic carbocycles. The number of benzene rings is 1. The molecule has 0 aliphatic rings. The van der Waals surface area contributed by atoms with E-state index in [1.165, 1.54) is 11.8 Å². The number of aromatic nitrogens is 1. The van der Waals surface area contributed by atoms with Crippen molar-refractivity contribution in [1.29, 1.82) is 0 Å². The molecule has 1 amide bonds. The molecule has 0 saturated carbocycles. The number of nitrogens with zero attached hydrogens (tertiary/aromatic N) is 1. The quantitative estimate of drug-likeness (QED) is 0.882. The van der Waals surface area contributed by atoms with E-state index in [1.807, 2.05) is 24.3 Å². The largest absolute Gasteiger partial charge is 0.436 e. The van der Waals surface area contributed by atoms with Crippen LogP contribution in [0.4, 0.5) is 5.69 Å². The minimum absolute atomic E-state index is 0.224. The van der Waals surface area contributed by atoms with Crippen LogP contribution >= 0.6 is 0 Å².